The predicted molar refractivity (Wildman–Crippen MR) is 234 cm³/mol. The SMILES string of the molecule is COCCOCCOCCOCCOCCOCCOCCOCCCOCCOCCOCCOCCOCCOCCOCCOCCOCC(CS)(CS)CS. The van der Waals surface area contributed by atoms with E-state index < -0.39 is 0 Å². The molecule has 0 bridgehead atoms. The van der Waals surface area contributed by atoms with Crippen LogP contribution in [0.15, 0.2) is 0 Å². The average molecular weight is 917 g/mol. The number of rotatable bonds is 54. The molecule has 356 valence electrons. The second kappa shape index (κ2) is 52.7. The smallest absolute Gasteiger partial charge is 0.0701 e. The zero-order chi connectivity index (χ0) is 42.7. The molecule has 0 saturated carbocycles. The molecule has 0 radical (unpaired) electrons. The quantitative estimate of drug-likeness (QED) is 0.0602. The minimum absolute atomic E-state index is 0.104. The average Bonchev–Trinajstić information content (AvgIpc) is 3.26. The molecule has 0 aliphatic rings. The van der Waals surface area contributed by atoms with Gasteiger partial charge in [0.15, 0.2) is 0 Å². The third-order valence-electron chi connectivity index (χ3n) is 7.63. The van der Waals surface area contributed by atoms with Crippen molar-refractivity contribution in [3.8, 4) is 0 Å². The first-order chi connectivity index (χ1) is 29.2. The van der Waals surface area contributed by atoms with Crippen LogP contribution in [0.4, 0.5) is 0 Å². The van der Waals surface area contributed by atoms with Crippen molar-refractivity contribution >= 4 is 37.9 Å². The molecule has 17 nitrogen and oxygen atoms in total. The summed E-state index contributed by atoms with van der Waals surface area (Å²) in [5, 5.41) is 0. The summed E-state index contributed by atoms with van der Waals surface area (Å²) in [6, 6.07) is 0. The highest BCUT2D eigenvalue weighted by Crippen LogP contribution is 2.23. The second-order valence-corrected chi connectivity index (χ2v) is 13.5. The van der Waals surface area contributed by atoms with Gasteiger partial charge in [0.1, 0.15) is 0 Å². The molecule has 0 N–H and O–H groups in total. The van der Waals surface area contributed by atoms with Crippen molar-refractivity contribution in [2.24, 2.45) is 5.41 Å². The first kappa shape index (κ1) is 59.4. The molecule has 0 amide bonds. The third-order valence-corrected chi connectivity index (χ3v) is 9.64. The van der Waals surface area contributed by atoms with E-state index in [1.165, 1.54) is 0 Å². The maximum atomic E-state index is 5.68. The van der Waals surface area contributed by atoms with Crippen LogP contribution in [0.1, 0.15) is 6.42 Å². The number of thiol groups is 3. The van der Waals surface area contributed by atoms with Gasteiger partial charge in [-0.15, -0.1) is 0 Å². The van der Waals surface area contributed by atoms with E-state index in [0.717, 1.165) is 6.42 Å². The van der Waals surface area contributed by atoms with Crippen LogP contribution in [0, 0.1) is 5.41 Å². The highest BCUT2D eigenvalue weighted by molar-refractivity contribution is 7.82. The first-order valence-electron chi connectivity index (χ1n) is 20.8. The molecule has 0 heterocycles. The van der Waals surface area contributed by atoms with Crippen LogP contribution in [0.25, 0.3) is 0 Å². The highest BCUT2D eigenvalue weighted by atomic mass is 32.1. The zero-order valence-electron chi connectivity index (χ0n) is 35.9. The van der Waals surface area contributed by atoms with Gasteiger partial charge in [-0.2, -0.15) is 37.9 Å². The van der Waals surface area contributed by atoms with Gasteiger partial charge in [-0.05, 0) is 23.7 Å². The largest absolute Gasteiger partial charge is 0.382 e. The van der Waals surface area contributed by atoms with Gasteiger partial charge in [0.05, 0.1) is 205 Å². The standard InChI is InChI=1S/C39H80O17S3/c1-40-5-6-43-11-12-46-17-18-49-23-24-50-21-19-47-15-13-44-9-7-41-3-2-4-42-8-10-45-14-16-48-20-22-51-25-26-52-27-28-53-29-30-54-31-32-55-33-34-56-35-39(36-57,37-58)38-59/h57-59H,2-38H2,1H3. The van der Waals surface area contributed by atoms with Crippen molar-refractivity contribution in [1.82, 2.24) is 0 Å². The second-order valence-electron chi connectivity index (χ2n) is 12.6. The Balaban J connectivity index is 3.10. The van der Waals surface area contributed by atoms with Crippen LogP contribution in [0.5, 0.6) is 0 Å². The van der Waals surface area contributed by atoms with Crippen LogP contribution in [0.2, 0.25) is 0 Å². The maximum Gasteiger partial charge on any atom is 0.0701 e. The van der Waals surface area contributed by atoms with Gasteiger partial charge in [0, 0.05) is 25.7 Å². The Labute approximate surface area is 371 Å². The van der Waals surface area contributed by atoms with Crippen LogP contribution < -0.4 is 0 Å². The van der Waals surface area contributed by atoms with E-state index in [1.807, 2.05) is 0 Å². The lowest BCUT2D eigenvalue weighted by Gasteiger charge is -2.28. The van der Waals surface area contributed by atoms with Gasteiger partial charge >= 0.3 is 0 Å². The molecule has 0 rings (SSSR count). The summed E-state index contributed by atoms with van der Waals surface area (Å²) in [5.74, 6) is 2.06. The van der Waals surface area contributed by atoms with Crippen LogP contribution >= 0.6 is 37.9 Å². The van der Waals surface area contributed by atoms with Gasteiger partial charge < -0.3 is 80.5 Å². The lowest BCUT2D eigenvalue weighted by molar-refractivity contribution is -0.0270. The van der Waals surface area contributed by atoms with E-state index in [1.54, 1.807) is 7.11 Å². The molecule has 0 aromatic heterocycles. The fourth-order valence-electron chi connectivity index (χ4n) is 4.16. The summed E-state index contributed by atoms with van der Waals surface area (Å²) in [7, 11) is 1.65. The Morgan fingerprint density at radius 2 is 0.407 bits per heavy atom. The highest BCUT2D eigenvalue weighted by Gasteiger charge is 2.25. The Hall–Kier alpha value is 0.370. The van der Waals surface area contributed by atoms with Crippen molar-refractivity contribution in [3.05, 3.63) is 0 Å². The van der Waals surface area contributed by atoms with E-state index in [9.17, 15) is 0 Å². The maximum absolute atomic E-state index is 5.68. The summed E-state index contributed by atoms with van der Waals surface area (Å²) in [6.45, 7) is 17.4. The summed E-state index contributed by atoms with van der Waals surface area (Å²) < 4.78 is 92.9. The number of hydrogen-bond donors (Lipinski definition) is 3. The minimum Gasteiger partial charge on any atom is -0.382 e. The molecule has 0 unspecified atom stereocenters. The number of hydrogen-bond acceptors (Lipinski definition) is 20. The van der Waals surface area contributed by atoms with Gasteiger partial charge in [-0.3, -0.25) is 0 Å². The van der Waals surface area contributed by atoms with Crippen LogP contribution in [-0.2, 0) is 80.5 Å². The van der Waals surface area contributed by atoms with Crippen molar-refractivity contribution in [1.29, 1.82) is 0 Å². The molecule has 0 aromatic rings. The fraction of sp³-hybridized carbons (Fsp3) is 1.00. The van der Waals surface area contributed by atoms with Gasteiger partial charge in [-0.25, -0.2) is 0 Å². The summed E-state index contributed by atoms with van der Waals surface area (Å²) in [4.78, 5) is 0. The lowest BCUT2D eigenvalue weighted by atomic mass is 9.97. The van der Waals surface area contributed by atoms with Crippen LogP contribution in [-0.4, -0.2) is 242 Å². The normalized spacial score (nSPS) is 12.0. The molecule has 0 atom stereocenters. The van der Waals surface area contributed by atoms with Crippen molar-refractivity contribution < 1.29 is 80.5 Å². The Bertz CT molecular complexity index is 761. The molecule has 0 aliphatic heterocycles. The van der Waals surface area contributed by atoms with Gasteiger partial charge in [-0.1, -0.05) is 0 Å². The molecule has 20 heteroatoms. The van der Waals surface area contributed by atoms with E-state index in [4.69, 9.17) is 80.5 Å². The lowest BCUT2D eigenvalue weighted by Crippen LogP contribution is -2.33. The molecule has 0 spiro atoms. The van der Waals surface area contributed by atoms with Crippen molar-refractivity contribution in [3.63, 3.8) is 0 Å². The van der Waals surface area contributed by atoms with Gasteiger partial charge in [0.2, 0.25) is 0 Å². The number of methoxy groups -OCH3 is 1. The Morgan fingerprint density at radius 1 is 0.237 bits per heavy atom. The van der Waals surface area contributed by atoms with E-state index in [0.29, 0.717) is 235 Å². The predicted octanol–water partition coefficient (Wildman–Crippen LogP) is 2.06. The summed E-state index contributed by atoms with van der Waals surface area (Å²) in [6.07, 6.45) is 0.813. The van der Waals surface area contributed by atoms with Crippen molar-refractivity contribution in [2.45, 2.75) is 6.42 Å². The van der Waals surface area contributed by atoms with E-state index in [2.05, 4.69) is 37.9 Å². The molecule has 0 fully saturated rings. The first-order valence-corrected chi connectivity index (χ1v) is 22.7. The third kappa shape index (κ3) is 47.7. The fourth-order valence-corrected chi connectivity index (χ4v) is 5.64. The molecule has 0 aromatic carbocycles. The number of ether oxygens (including phenoxy) is 17. The minimum atomic E-state index is -0.104. The molecule has 0 saturated heterocycles. The van der Waals surface area contributed by atoms with Gasteiger partial charge in [0.25, 0.3) is 0 Å². The summed E-state index contributed by atoms with van der Waals surface area (Å²) >= 11 is 13.1. The summed E-state index contributed by atoms with van der Waals surface area (Å²) in [5.41, 5.74) is -0.104. The molecule has 0 aliphatic carbocycles. The monoisotopic (exact) mass is 916 g/mol. The van der Waals surface area contributed by atoms with E-state index in [-0.39, 0.29) is 5.41 Å². The van der Waals surface area contributed by atoms with Crippen molar-refractivity contribution in [2.75, 3.05) is 242 Å². The topological polar surface area (TPSA) is 157 Å². The Kier molecular flexibility index (Phi) is 53.0. The molecular weight excluding hydrogens is 837 g/mol. The Morgan fingerprint density at radius 3 is 0.593 bits per heavy atom. The zero-order valence-corrected chi connectivity index (χ0v) is 38.6. The van der Waals surface area contributed by atoms with E-state index >= 15 is 0 Å². The molecular formula is C39H80O17S3. The van der Waals surface area contributed by atoms with Crippen LogP contribution in [0.3, 0.4) is 0 Å². The molecule has 59 heavy (non-hydrogen) atoms.